The molecule has 0 radical (unpaired) electrons. The molecule has 0 saturated carbocycles. The van der Waals surface area contributed by atoms with Crippen LogP contribution in [0, 0.1) is 0 Å². The van der Waals surface area contributed by atoms with Gasteiger partial charge in [0.2, 0.25) is 0 Å². The Morgan fingerprint density at radius 3 is 2.47 bits per heavy atom. The van der Waals surface area contributed by atoms with E-state index in [1.165, 1.54) is 0 Å². The van der Waals surface area contributed by atoms with Crippen molar-refractivity contribution in [1.29, 1.82) is 0 Å². The number of methoxy groups -OCH3 is 2. The van der Waals surface area contributed by atoms with Crippen LogP contribution in [0.15, 0.2) is 23.3 Å². The van der Waals surface area contributed by atoms with Crippen LogP contribution in [0.2, 0.25) is 0 Å². The standard InChI is InChI=1S/C13H16N2O2/c1-8-10-7-12(17-3)11(16-2)6-9(10)4-5-15-13(8)14/h4-8H,1-3H3,(H2,14,15). The molecule has 0 fully saturated rings. The van der Waals surface area contributed by atoms with Crippen molar-refractivity contribution < 1.29 is 9.47 Å². The van der Waals surface area contributed by atoms with E-state index in [1.807, 2.05) is 25.1 Å². The minimum Gasteiger partial charge on any atom is -0.493 e. The Labute approximate surface area is 101 Å². The van der Waals surface area contributed by atoms with Crippen molar-refractivity contribution >= 4 is 11.9 Å². The van der Waals surface area contributed by atoms with Gasteiger partial charge in [-0.2, -0.15) is 0 Å². The van der Waals surface area contributed by atoms with Gasteiger partial charge in [0.25, 0.3) is 0 Å². The number of hydrogen-bond donors (Lipinski definition) is 1. The molecule has 4 heteroatoms. The van der Waals surface area contributed by atoms with Crippen molar-refractivity contribution in [2.75, 3.05) is 14.2 Å². The Morgan fingerprint density at radius 2 is 1.82 bits per heavy atom. The molecule has 4 nitrogen and oxygen atoms in total. The van der Waals surface area contributed by atoms with Crippen LogP contribution < -0.4 is 15.2 Å². The lowest BCUT2D eigenvalue weighted by Gasteiger charge is -2.16. The van der Waals surface area contributed by atoms with Crippen molar-refractivity contribution in [2.24, 2.45) is 10.7 Å². The van der Waals surface area contributed by atoms with Gasteiger partial charge in [-0.25, -0.2) is 4.99 Å². The third-order valence-electron chi connectivity index (χ3n) is 2.98. The van der Waals surface area contributed by atoms with Crippen molar-refractivity contribution in [2.45, 2.75) is 12.8 Å². The van der Waals surface area contributed by atoms with Crippen LogP contribution in [0.4, 0.5) is 0 Å². The average molecular weight is 232 g/mol. The fourth-order valence-corrected chi connectivity index (χ4v) is 1.90. The van der Waals surface area contributed by atoms with Gasteiger partial charge in [0.05, 0.1) is 14.2 Å². The van der Waals surface area contributed by atoms with Gasteiger partial charge < -0.3 is 15.2 Å². The third kappa shape index (κ3) is 1.98. The highest BCUT2D eigenvalue weighted by Gasteiger charge is 2.18. The van der Waals surface area contributed by atoms with Crippen LogP contribution in [-0.2, 0) is 0 Å². The van der Waals surface area contributed by atoms with Crippen LogP contribution in [0.5, 0.6) is 11.5 Å². The highest BCUT2D eigenvalue weighted by Crippen LogP contribution is 2.35. The number of rotatable bonds is 2. The summed E-state index contributed by atoms with van der Waals surface area (Å²) in [4.78, 5) is 4.16. The molecule has 1 heterocycles. The SMILES string of the molecule is COc1cc2c(cc1OC)C(C)C(N)=NC=C2. The molecule has 1 aromatic carbocycles. The molecule has 1 aliphatic heterocycles. The maximum atomic E-state index is 5.88. The Kier molecular flexibility index (Phi) is 3.04. The Balaban J connectivity index is 2.59. The summed E-state index contributed by atoms with van der Waals surface area (Å²) in [5, 5.41) is 0. The van der Waals surface area contributed by atoms with Gasteiger partial charge >= 0.3 is 0 Å². The lowest BCUT2D eigenvalue weighted by Crippen LogP contribution is -2.19. The largest absolute Gasteiger partial charge is 0.493 e. The van der Waals surface area contributed by atoms with Crippen molar-refractivity contribution in [3.05, 3.63) is 29.5 Å². The maximum Gasteiger partial charge on any atom is 0.161 e. The first kappa shape index (κ1) is 11.5. The summed E-state index contributed by atoms with van der Waals surface area (Å²) in [6.07, 6.45) is 3.64. The summed E-state index contributed by atoms with van der Waals surface area (Å²) in [5.74, 6) is 2.09. The Hall–Kier alpha value is -1.97. The summed E-state index contributed by atoms with van der Waals surface area (Å²) in [6.45, 7) is 2.02. The van der Waals surface area contributed by atoms with E-state index in [9.17, 15) is 0 Å². The number of benzene rings is 1. The molecule has 0 spiro atoms. The lowest BCUT2D eigenvalue weighted by atomic mass is 9.94. The normalized spacial score (nSPS) is 18.1. The van der Waals surface area contributed by atoms with E-state index in [-0.39, 0.29) is 5.92 Å². The summed E-state index contributed by atoms with van der Waals surface area (Å²) in [6, 6.07) is 3.90. The second kappa shape index (κ2) is 4.49. The first-order valence-corrected chi connectivity index (χ1v) is 5.43. The van der Waals surface area contributed by atoms with E-state index < -0.39 is 0 Å². The van der Waals surface area contributed by atoms with Crippen molar-refractivity contribution in [3.63, 3.8) is 0 Å². The molecule has 1 unspecified atom stereocenters. The smallest absolute Gasteiger partial charge is 0.161 e. The Morgan fingerprint density at radius 1 is 1.18 bits per heavy atom. The van der Waals surface area contributed by atoms with E-state index in [4.69, 9.17) is 15.2 Å². The molecule has 0 bridgehead atoms. The number of amidine groups is 1. The van der Waals surface area contributed by atoms with Crippen LogP contribution in [0.1, 0.15) is 24.0 Å². The lowest BCUT2D eigenvalue weighted by molar-refractivity contribution is 0.354. The van der Waals surface area contributed by atoms with Crippen molar-refractivity contribution in [3.8, 4) is 11.5 Å². The second-order valence-electron chi connectivity index (χ2n) is 3.93. The molecule has 0 aromatic heterocycles. The van der Waals surface area contributed by atoms with E-state index in [0.717, 1.165) is 11.1 Å². The molecule has 17 heavy (non-hydrogen) atoms. The third-order valence-corrected chi connectivity index (χ3v) is 2.98. The summed E-state index contributed by atoms with van der Waals surface area (Å²) >= 11 is 0. The molecule has 0 saturated heterocycles. The molecular weight excluding hydrogens is 216 g/mol. The van der Waals surface area contributed by atoms with Gasteiger partial charge in [-0.05, 0) is 29.3 Å². The van der Waals surface area contributed by atoms with Crippen LogP contribution >= 0.6 is 0 Å². The van der Waals surface area contributed by atoms with Gasteiger partial charge in [-0.15, -0.1) is 0 Å². The van der Waals surface area contributed by atoms with E-state index >= 15 is 0 Å². The number of fused-ring (bicyclic) bond motifs is 1. The predicted molar refractivity (Wildman–Crippen MR) is 68.6 cm³/mol. The zero-order chi connectivity index (χ0) is 12.4. The topological polar surface area (TPSA) is 56.8 Å². The summed E-state index contributed by atoms with van der Waals surface area (Å²) in [7, 11) is 3.25. The molecule has 0 amide bonds. The van der Waals surface area contributed by atoms with E-state index in [2.05, 4.69) is 4.99 Å². The molecule has 2 rings (SSSR count). The quantitative estimate of drug-likeness (QED) is 0.850. The number of hydrogen-bond acceptors (Lipinski definition) is 4. The number of nitrogens with two attached hydrogens (primary N) is 1. The van der Waals surface area contributed by atoms with Gasteiger partial charge in [0.1, 0.15) is 5.84 Å². The second-order valence-corrected chi connectivity index (χ2v) is 3.93. The van der Waals surface area contributed by atoms with Crippen molar-refractivity contribution in [1.82, 2.24) is 0 Å². The minimum atomic E-state index is 0.0693. The van der Waals surface area contributed by atoms with Crippen LogP contribution in [0.3, 0.4) is 0 Å². The molecule has 1 aromatic rings. The van der Waals surface area contributed by atoms with E-state index in [1.54, 1.807) is 20.4 Å². The molecule has 0 aliphatic carbocycles. The molecular formula is C13H16N2O2. The summed E-state index contributed by atoms with van der Waals surface area (Å²) in [5.41, 5.74) is 8.03. The Bertz CT molecular complexity index is 492. The van der Waals surface area contributed by atoms with Gasteiger partial charge in [-0.3, -0.25) is 0 Å². The highest BCUT2D eigenvalue weighted by atomic mass is 16.5. The molecule has 1 atom stereocenters. The highest BCUT2D eigenvalue weighted by molar-refractivity contribution is 5.90. The first-order chi connectivity index (χ1) is 8.17. The monoisotopic (exact) mass is 232 g/mol. The molecule has 90 valence electrons. The fourth-order valence-electron chi connectivity index (χ4n) is 1.90. The fraction of sp³-hybridized carbons (Fsp3) is 0.308. The van der Waals surface area contributed by atoms with Crippen LogP contribution in [-0.4, -0.2) is 20.1 Å². The molecule has 2 N–H and O–H groups in total. The zero-order valence-electron chi connectivity index (χ0n) is 10.2. The van der Waals surface area contributed by atoms with E-state index in [0.29, 0.717) is 17.3 Å². The zero-order valence-corrected chi connectivity index (χ0v) is 10.2. The number of aliphatic imine (C=N–C) groups is 1. The number of ether oxygens (including phenoxy) is 2. The number of nitrogens with zero attached hydrogens (tertiary/aromatic N) is 1. The average Bonchev–Trinajstić information content (AvgIpc) is 2.48. The molecule has 1 aliphatic rings. The predicted octanol–water partition coefficient (Wildman–Crippen LogP) is 2.15. The first-order valence-electron chi connectivity index (χ1n) is 5.43. The van der Waals surface area contributed by atoms with Gasteiger partial charge in [0.15, 0.2) is 11.5 Å². The van der Waals surface area contributed by atoms with Gasteiger partial charge in [0, 0.05) is 12.1 Å². The van der Waals surface area contributed by atoms with Gasteiger partial charge in [-0.1, -0.05) is 6.92 Å². The summed E-state index contributed by atoms with van der Waals surface area (Å²) < 4.78 is 10.6. The minimum absolute atomic E-state index is 0.0693. The maximum absolute atomic E-state index is 5.88. The van der Waals surface area contributed by atoms with Crippen LogP contribution in [0.25, 0.3) is 6.08 Å².